The Bertz CT molecular complexity index is 825. The van der Waals surface area contributed by atoms with Gasteiger partial charge in [-0.15, -0.1) is 0 Å². The van der Waals surface area contributed by atoms with Crippen molar-refractivity contribution < 1.29 is 4.79 Å². The highest BCUT2D eigenvalue weighted by Gasteiger charge is 2.39. The number of amides is 1. The van der Waals surface area contributed by atoms with E-state index < -0.39 is 0 Å². The Kier molecular flexibility index (Phi) is 2.54. The molecule has 3 aromatic rings. The molecule has 1 aliphatic heterocycles. The van der Waals surface area contributed by atoms with Gasteiger partial charge in [-0.25, -0.2) is 4.98 Å². The number of carbonyl (C=O) groups is 1. The third-order valence-electron chi connectivity index (χ3n) is 3.90. The number of pyridine rings is 1. The molecule has 1 atom stereocenters. The van der Waals surface area contributed by atoms with Crippen molar-refractivity contribution in [1.82, 2.24) is 20.1 Å². The number of benzene rings is 1. The molecule has 1 amide bonds. The van der Waals surface area contributed by atoms with Gasteiger partial charge in [0.2, 0.25) is 0 Å². The van der Waals surface area contributed by atoms with Gasteiger partial charge in [-0.3, -0.25) is 9.89 Å². The Morgan fingerprint density at radius 1 is 1.33 bits per heavy atom. The van der Waals surface area contributed by atoms with Crippen molar-refractivity contribution in [2.45, 2.75) is 13.0 Å². The van der Waals surface area contributed by atoms with Gasteiger partial charge in [0, 0.05) is 23.8 Å². The fraction of sp³-hybridized carbons (Fsp3) is 0.188. The number of carbonyl (C=O) groups excluding carboxylic acids is 1. The molecule has 1 N–H and O–H groups in total. The molecule has 4 rings (SSSR count). The quantitative estimate of drug-likeness (QED) is 0.732. The van der Waals surface area contributed by atoms with Crippen LogP contribution in [0.4, 0.5) is 0 Å². The molecule has 1 aromatic carbocycles. The fourth-order valence-electron chi connectivity index (χ4n) is 2.63. The maximum absolute atomic E-state index is 12.5. The number of nitrogens with one attached hydrogen (secondary N) is 1. The summed E-state index contributed by atoms with van der Waals surface area (Å²) < 4.78 is 0. The van der Waals surface area contributed by atoms with Crippen molar-refractivity contribution in [3.8, 4) is 0 Å². The number of rotatable bonds is 2. The predicted octanol–water partition coefficient (Wildman–Crippen LogP) is 2.46. The van der Waals surface area contributed by atoms with E-state index in [1.54, 1.807) is 6.20 Å². The molecule has 2 aromatic heterocycles. The van der Waals surface area contributed by atoms with Crippen LogP contribution in [0, 0.1) is 6.92 Å². The smallest absolute Gasteiger partial charge is 0.256 e. The van der Waals surface area contributed by atoms with Gasteiger partial charge in [0.25, 0.3) is 5.91 Å². The van der Waals surface area contributed by atoms with E-state index in [1.807, 2.05) is 36.1 Å². The van der Waals surface area contributed by atoms with Crippen LogP contribution in [0.5, 0.6) is 0 Å². The van der Waals surface area contributed by atoms with Gasteiger partial charge in [-0.1, -0.05) is 30.3 Å². The molecule has 1 saturated heterocycles. The van der Waals surface area contributed by atoms with Crippen LogP contribution in [0.15, 0.2) is 42.6 Å². The topological polar surface area (TPSA) is 61.6 Å². The van der Waals surface area contributed by atoms with E-state index in [-0.39, 0.29) is 11.9 Å². The summed E-state index contributed by atoms with van der Waals surface area (Å²) in [7, 11) is 0. The zero-order valence-electron chi connectivity index (χ0n) is 11.6. The van der Waals surface area contributed by atoms with E-state index >= 15 is 0 Å². The summed E-state index contributed by atoms with van der Waals surface area (Å²) in [6, 6.07) is 12.2. The maximum Gasteiger partial charge on any atom is 0.256 e. The van der Waals surface area contributed by atoms with E-state index in [0.29, 0.717) is 11.2 Å². The standard InChI is InChI=1S/C16H14N4O/c1-10-13-7-12(8-17-15(13)19-18-10)16(21)20-9-14(20)11-5-3-2-4-6-11/h2-8,14H,9H2,1H3,(H,17,18,19). The van der Waals surface area contributed by atoms with Crippen molar-refractivity contribution in [2.24, 2.45) is 0 Å². The second kappa shape index (κ2) is 4.41. The second-order valence-electron chi connectivity index (χ2n) is 5.33. The lowest BCUT2D eigenvalue weighted by atomic mass is 10.1. The molecule has 5 nitrogen and oxygen atoms in total. The molecule has 0 bridgehead atoms. The number of fused-ring (bicyclic) bond motifs is 1. The predicted molar refractivity (Wildman–Crippen MR) is 78.8 cm³/mol. The molecular weight excluding hydrogens is 264 g/mol. The van der Waals surface area contributed by atoms with Gasteiger partial charge in [0.15, 0.2) is 5.65 Å². The second-order valence-corrected chi connectivity index (χ2v) is 5.33. The summed E-state index contributed by atoms with van der Waals surface area (Å²) in [5.74, 6) is 0.0267. The number of hydrogen-bond acceptors (Lipinski definition) is 3. The first-order valence-electron chi connectivity index (χ1n) is 6.90. The maximum atomic E-state index is 12.5. The molecule has 5 heteroatoms. The molecule has 104 valence electrons. The van der Waals surface area contributed by atoms with Crippen LogP contribution < -0.4 is 0 Å². The highest BCUT2D eigenvalue weighted by atomic mass is 16.2. The van der Waals surface area contributed by atoms with E-state index in [0.717, 1.165) is 17.6 Å². The van der Waals surface area contributed by atoms with Gasteiger partial charge < -0.3 is 4.90 Å². The first-order chi connectivity index (χ1) is 10.2. The Hall–Kier alpha value is -2.69. The highest BCUT2D eigenvalue weighted by molar-refractivity contribution is 5.98. The van der Waals surface area contributed by atoms with Crippen LogP contribution in [0.3, 0.4) is 0 Å². The normalized spacial score (nSPS) is 17.2. The summed E-state index contributed by atoms with van der Waals surface area (Å²) in [4.78, 5) is 18.6. The van der Waals surface area contributed by atoms with Gasteiger partial charge in [0.05, 0.1) is 11.6 Å². The zero-order valence-corrected chi connectivity index (χ0v) is 11.6. The minimum absolute atomic E-state index is 0.0267. The van der Waals surface area contributed by atoms with Crippen molar-refractivity contribution in [1.29, 1.82) is 0 Å². The first kappa shape index (κ1) is 12.1. The average molecular weight is 278 g/mol. The van der Waals surface area contributed by atoms with Crippen LogP contribution >= 0.6 is 0 Å². The van der Waals surface area contributed by atoms with Crippen molar-refractivity contribution in [3.63, 3.8) is 0 Å². The zero-order chi connectivity index (χ0) is 14.4. The molecule has 0 saturated carbocycles. The Morgan fingerprint density at radius 3 is 2.95 bits per heavy atom. The summed E-state index contributed by atoms with van der Waals surface area (Å²) in [6.07, 6.45) is 1.60. The molecule has 1 aliphatic rings. The molecule has 0 spiro atoms. The number of aromatic nitrogens is 3. The minimum Gasteiger partial charge on any atom is -0.327 e. The first-order valence-corrected chi connectivity index (χ1v) is 6.90. The van der Waals surface area contributed by atoms with E-state index in [4.69, 9.17) is 0 Å². The van der Waals surface area contributed by atoms with Crippen molar-refractivity contribution in [2.75, 3.05) is 6.54 Å². The molecule has 0 aliphatic carbocycles. The SMILES string of the molecule is Cc1[nH]nc2ncc(C(=O)N3CC3c3ccccc3)cc12. The lowest BCUT2D eigenvalue weighted by molar-refractivity contribution is 0.0874. The molecule has 0 radical (unpaired) electrons. The largest absolute Gasteiger partial charge is 0.327 e. The summed E-state index contributed by atoms with van der Waals surface area (Å²) in [6.45, 7) is 2.70. The number of nitrogens with zero attached hydrogens (tertiary/aromatic N) is 3. The van der Waals surface area contributed by atoms with Crippen LogP contribution in [0.2, 0.25) is 0 Å². The minimum atomic E-state index is 0.0267. The Morgan fingerprint density at radius 2 is 2.14 bits per heavy atom. The van der Waals surface area contributed by atoms with Crippen LogP contribution in [-0.4, -0.2) is 32.5 Å². The summed E-state index contributed by atoms with van der Waals surface area (Å²) >= 11 is 0. The van der Waals surface area contributed by atoms with Crippen LogP contribution in [-0.2, 0) is 0 Å². The molecule has 3 heterocycles. The molecular formula is C16H14N4O. The van der Waals surface area contributed by atoms with Crippen molar-refractivity contribution in [3.05, 3.63) is 59.4 Å². The highest BCUT2D eigenvalue weighted by Crippen LogP contribution is 2.36. The van der Waals surface area contributed by atoms with Crippen molar-refractivity contribution >= 4 is 16.9 Å². The Labute approximate surface area is 121 Å². The van der Waals surface area contributed by atoms with Crippen LogP contribution in [0.25, 0.3) is 11.0 Å². The number of aryl methyl sites for hydroxylation is 1. The number of aromatic amines is 1. The molecule has 1 unspecified atom stereocenters. The Balaban J connectivity index is 1.61. The lowest BCUT2D eigenvalue weighted by Crippen LogP contribution is -2.12. The third kappa shape index (κ3) is 1.98. The van der Waals surface area contributed by atoms with Gasteiger partial charge in [0.1, 0.15) is 0 Å². The van der Waals surface area contributed by atoms with Gasteiger partial charge in [-0.2, -0.15) is 5.10 Å². The molecule has 21 heavy (non-hydrogen) atoms. The van der Waals surface area contributed by atoms with Crippen LogP contribution in [0.1, 0.15) is 27.7 Å². The summed E-state index contributed by atoms with van der Waals surface area (Å²) in [5, 5.41) is 7.87. The molecule has 1 fully saturated rings. The number of hydrogen-bond donors (Lipinski definition) is 1. The van der Waals surface area contributed by atoms with Gasteiger partial charge in [-0.05, 0) is 18.6 Å². The average Bonchev–Trinajstić information content (AvgIpc) is 3.25. The lowest BCUT2D eigenvalue weighted by Gasteiger charge is -2.04. The van der Waals surface area contributed by atoms with Gasteiger partial charge >= 0.3 is 0 Å². The third-order valence-corrected chi connectivity index (χ3v) is 3.90. The van der Waals surface area contributed by atoms with E-state index in [2.05, 4.69) is 27.3 Å². The number of H-pyrrole nitrogens is 1. The van der Waals surface area contributed by atoms with E-state index in [1.165, 1.54) is 5.56 Å². The summed E-state index contributed by atoms with van der Waals surface area (Å²) in [5.41, 5.74) is 3.37. The fourth-order valence-corrected chi connectivity index (χ4v) is 2.63. The van der Waals surface area contributed by atoms with E-state index in [9.17, 15) is 4.79 Å². The monoisotopic (exact) mass is 278 g/mol.